The quantitative estimate of drug-likeness (QED) is 0.873. The first kappa shape index (κ1) is 18.4. The number of anilines is 1. The Hall–Kier alpha value is -2.40. The molecule has 2 aromatic rings. The van der Waals surface area contributed by atoms with Gasteiger partial charge in [-0.15, -0.1) is 11.3 Å². The molecule has 0 unspecified atom stereocenters. The molecule has 26 heavy (non-hydrogen) atoms. The molecule has 0 spiro atoms. The summed E-state index contributed by atoms with van der Waals surface area (Å²) in [5.74, 6) is -0.0971. The Morgan fingerprint density at radius 3 is 2.62 bits per heavy atom. The highest BCUT2D eigenvalue weighted by molar-refractivity contribution is 7.12. The Balaban J connectivity index is 1.48. The van der Waals surface area contributed by atoms with Crippen LogP contribution in [0.1, 0.15) is 15.2 Å². The van der Waals surface area contributed by atoms with E-state index in [1.165, 1.54) is 11.3 Å². The number of rotatable bonds is 4. The van der Waals surface area contributed by atoms with Crippen LogP contribution in [-0.4, -0.2) is 54.3 Å². The molecule has 1 aliphatic heterocycles. The predicted molar refractivity (Wildman–Crippen MR) is 101 cm³/mol. The third kappa shape index (κ3) is 4.41. The van der Waals surface area contributed by atoms with Gasteiger partial charge < -0.3 is 10.2 Å². The third-order valence-electron chi connectivity index (χ3n) is 4.13. The van der Waals surface area contributed by atoms with Crippen molar-refractivity contribution in [3.8, 4) is 6.07 Å². The number of nitrogens with one attached hydrogen (secondary N) is 1. The van der Waals surface area contributed by atoms with Gasteiger partial charge in [0.15, 0.2) is 0 Å². The molecule has 1 aliphatic rings. The Labute approximate surface area is 160 Å². The number of hydrogen-bond donors (Lipinski definition) is 1. The van der Waals surface area contributed by atoms with Crippen molar-refractivity contribution in [3.63, 3.8) is 0 Å². The minimum Gasteiger partial charge on any atom is -0.335 e. The zero-order valence-electron chi connectivity index (χ0n) is 13.9. The van der Waals surface area contributed by atoms with Crippen LogP contribution in [-0.2, 0) is 4.79 Å². The van der Waals surface area contributed by atoms with Gasteiger partial charge in [0.2, 0.25) is 5.91 Å². The van der Waals surface area contributed by atoms with Gasteiger partial charge in [-0.3, -0.25) is 14.5 Å². The summed E-state index contributed by atoms with van der Waals surface area (Å²) >= 11 is 7.41. The van der Waals surface area contributed by atoms with Crippen LogP contribution in [0.2, 0.25) is 5.02 Å². The van der Waals surface area contributed by atoms with Gasteiger partial charge >= 0.3 is 0 Å². The number of piperazine rings is 1. The number of thiophene rings is 1. The van der Waals surface area contributed by atoms with Gasteiger partial charge in [-0.25, -0.2) is 0 Å². The smallest absolute Gasteiger partial charge is 0.264 e. The summed E-state index contributed by atoms with van der Waals surface area (Å²) in [6.45, 7) is 2.76. The Morgan fingerprint density at radius 1 is 1.23 bits per heavy atom. The van der Waals surface area contributed by atoms with Gasteiger partial charge in [0.25, 0.3) is 5.91 Å². The second kappa shape index (κ2) is 8.32. The first-order chi connectivity index (χ1) is 12.6. The minimum atomic E-state index is -0.149. The molecule has 1 saturated heterocycles. The van der Waals surface area contributed by atoms with Crippen LogP contribution in [0.5, 0.6) is 0 Å². The molecule has 6 nitrogen and oxygen atoms in total. The maximum atomic E-state index is 12.3. The molecule has 0 aliphatic carbocycles. The Morgan fingerprint density at radius 2 is 2.00 bits per heavy atom. The van der Waals surface area contributed by atoms with Crippen molar-refractivity contribution in [2.24, 2.45) is 0 Å². The lowest BCUT2D eigenvalue weighted by molar-refractivity contribution is -0.117. The molecule has 1 fully saturated rings. The summed E-state index contributed by atoms with van der Waals surface area (Å²) < 4.78 is 0. The monoisotopic (exact) mass is 388 g/mol. The molecule has 1 aromatic carbocycles. The molecular formula is C18H17ClN4O2S. The maximum absolute atomic E-state index is 12.3. The molecule has 0 saturated carbocycles. The fourth-order valence-electron chi connectivity index (χ4n) is 2.75. The summed E-state index contributed by atoms with van der Waals surface area (Å²) in [5, 5.41) is 13.9. The second-order valence-corrected chi connectivity index (χ2v) is 7.26. The summed E-state index contributed by atoms with van der Waals surface area (Å²) in [6, 6.07) is 10.5. The molecule has 0 radical (unpaired) electrons. The lowest BCUT2D eigenvalue weighted by Crippen LogP contribution is -2.50. The molecule has 1 aromatic heterocycles. The molecule has 3 rings (SSSR count). The number of hydrogen-bond acceptors (Lipinski definition) is 5. The van der Waals surface area contributed by atoms with E-state index in [0.29, 0.717) is 42.5 Å². The van der Waals surface area contributed by atoms with Gasteiger partial charge in [-0.1, -0.05) is 17.7 Å². The number of halogens is 1. The molecule has 8 heteroatoms. The van der Waals surface area contributed by atoms with Crippen LogP contribution in [0.25, 0.3) is 0 Å². The summed E-state index contributed by atoms with van der Waals surface area (Å²) in [6.07, 6.45) is 0. The van der Waals surface area contributed by atoms with E-state index in [1.807, 2.05) is 33.4 Å². The normalized spacial score (nSPS) is 14.7. The van der Waals surface area contributed by atoms with Crippen molar-refractivity contribution in [3.05, 3.63) is 51.2 Å². The van der Waals surface area contributed by atoms with Gasteiger partial charge in [0, 0.05) is 31.9 Å². The number of carbonyl (C=O) groups excluding carboxylic acids is 2. The van der Waals surface area contributed by atoms with Crippen molar-refractivity contribution in [2.75, 3.05) is 38.0 Å². The predicted octanol–water partition coefficient (Wildman–Crippen LogP) is 2.67. The molecule has 1 N–H and O–H groups in total. The highest BCUT2D eigenvalue weighted by atomic mass is 35.5. The van der Waals surface area contributed by atoms with E-state index in [9.17, 15) is 9.59 Å². The first-order valence-corrected chi connectivity index (χ1v) is 9.37. The molecule has 2 heterocycles. The van der Waals surface area contributed by atoms with Crippen molar-refractivity contribution >= 4 is 40.4 Å². The van der Waals surface area contributed by atoms with Gasteiger partial charge in [0.1, 0.15) is 6.07 Å². The van der Waals surface area contributed by atoms with Crippen molar-refractivity contribution < 1.29 is 9.59 Å². The van der Waals surface area contributed by atoms with Crippen LogP contribution in [0, 0.1) is 11.3 Å². The average Bonchev–Trinajstić information content (AvgIpc) is 3.16. The lowest BCUT2D eigenvalue weighted by Gasteiger charge is -2.34. The number of benzene rings is 1. The molecule has 0 bridgehead atoms. The van der Waals surface area contributed by atoms with Crippen LogP contribution < -0.4 is 5.32 Å². The van der Waals surface area contributed by atoms with Gasteiger partial charge in [-0.2, -0.15) is 5.26 Å². The summed E-state index contributed by atoms with van der Waals surface area (Å²) in [7, 11) is 0. The van der Waals surface area contributed by atoms with E-state index in [-0.39, 0.29) is 18.4 Å². The zero-order chi connectivity index (χ0) is 18.5. The van der Waals surface area contributed by atoms with Crippen LogP contribution >= 0.6 is 22.9 Å². The number of amides is 2. The minimum absolute atomic E-state index is 0.0522. The average molecular weight is 389 g/mol. The van der Waals surface area contributed by atoms with Crippen molar-refractivity contribution in [2.45, 2.75) is 0 Å². The fraction of sp³-hybridized carbons (Fsp3) is 0.278. The van der Waals surface area contributed by atoms with E-state index in [0.717, 1.165) is 4.88 Å². The molecular weight excluding hydrogens is 372 g/mol. The van der Waals surface area contributed by atoms with E-state index in [2.05, 4.69) is 5.32 Å². The van der Waals surface area contributed by atoms with Crippen LogP contribution in [0.4, 0.5) is 5.69 Å². The highest BCUT2D eigenvalue weighted by Crippen LogP contribution is 2.20. The standard InChI is InChI=1S/C18H17ClN4O2S/c19-15-10-14(4-3-13(15)11-20)21-17(24)12-22-5-7-23(8-6-22)18(25)16-2-1-9-26-16/h1-4,9-10H,5-8,12H2,(H,21,24). The van der Waals surface area contributed by atoms with E-state index >= 15 is 0 Å². The first-order valence-electron chi connectivity index (χ1n) is 8.11. The van der Waals surface area contributed by atoms with Crippen LogP contribution in [0.3, 0.4) is 0 Å². The van der Waals surface area contributed by atoms with Gasteiger partial charge in [0.05, 0.1) is 22.0 Å². The number of nitrogens with zero attached hydrogens (tertiary/aromatic N) is 3. The molecule has 134 valence electrons. The van der Waals surface area contributed by atoms with Gasteiger partial charge in [-0.05, 0) is 29.6 Å². The van der Waals surface area contributed by atoms with E-state index < -0.39 is 0 Å². The SMILES string of the molecule is N#Cc1ccc(NC(=O)CN2CCN(C(=O)c3cccs3)CC2)cc1Cl. The largest absolute Gasteiger partial charge is 0.335 e. The maximum Gasteiger partial charge on any atom is 0.264 e. The van der Waals surface area contributed by atoms with E-state index in [1.54, 1.807) is 18.2 Å². The summed E-state index contributed by atoms with van der Waals surface area (Å²) in [4.78, 5) is 29.1. The summed E-state index contributed by atoms with van der Waals surface area (Å²) in [5.41, 5.74) is 0.932. The fourth-order valence-corrected chi connectivity index (χ4v) is 3.67. The van der Waals surface area contributed by atoms with Crippen molar-refractivity contribution in [1.29, 1.82) is 5.26 Å². The van der Waals surface area contributed by atoms with Crippen LogP contribution in [0.15, 0.2) is 35.7 Å². The molecule has 0 atom stereocenters. The van der Waals surface area contributed by atoms with Crippen molar-refractivity contribution in [1.82, 2.24) is 9.80 Å². The number of carbonyl (C=O) groups is 2. The second-order valence-electron chi connectivity index (χ2n) is 5.90. The lowest BCUT2D eigenvalue weighted by atomic mass is 10.2. The number of nitriles is 1. The molecule has 2 amide bonds. The Bertz CT molecular complexity index is 839. The zero-order valence-corrected chi connectivity index (χ0v) is 15.5. The van der Waals surface area contributed by atoms with E-state index in [4.69, 9.17) is 16.9 Å². The Kier molecular flexibility index (Phi) is 5.89. The third-order valence-corrected chi connectivity index (χ3v) is 5.30. The highest BCUT2D eigenvalue weighted by Gasteiger charge is 2.23. The topological polar surface area (TPSA) is 76.4 Å².